The van der Waals surface area contributed by atoms with Crippen molar-refractivity contribution in [1.29, 1.82) is 0 Å². The molecule has 15 nitrogen and oxygen atoms in total. The second-order valence-corrected chi connectivity index (χ2v) is 18.5. The molecule has 16 heteroatoms. The third-order valence-corrected chi connectivity index (χ3v) is 13.4. The van der Waals surface area contributed by atoms with Crippen LogP contribution in [0.2, 0.25) is 0 Å². The van der Waals surface area contributed by atoms with Crippen LogP contribution in [0, 0.1) is 5.82 Å². The molecule has 1 aliphatic carbocycles. The lowest BCUT2D eigenvalue weighted by Gasteiger charge is -2.31. The molecule has 3 heterocycles. The minimum atomic E-state index is -1.56. The smallest absolute Gasteiger partial charge is 0.418 e. The quantitative estimate of drug-likeness (QED) is 0.0683. The van der Waals surface area contributed by atoms with Crippen molar-refractivity contribution in [3.05, 3.63) is 112 Å². The van der Waals surface area contributed by atoms with E-state index >= 15 is 0 Å². The fraction of sp³-hybridized carbons (Fsp3) is 0.462. The topological polar surface area (TPSA) is 192 Å². The predicted octanol–water partition coefficient (Wildman–Crippen LogP) is 7.36. The molecule has 2 fully saturated rings. The number of amides is 8. The molecule has 3 N–H and O–H groups in total. The monoisotopic (exact) mass is 932 g/mol. The van der Waals surface area contributed by atoms with E-state index in [1.807, 2.05) is 6.07 Å². The standard InChI is InChI=1S/C52H61FN6O9/c1-33-16-25-44(47(63)55-33)59-48(64)41-23-19-36(28-42(41)49(59)65)14-12-10-8-6-4-5-7-9-11-13-15-45(61)54-30-34(2)57(31-37-17-20-39(53)21-18-37)46(62)32-58-50(66)52(68-51(58)67)27-26-38-29-40(56-35(3)60)22-24-43(38)52/h17-24,28-29,34,44H,1,4-16,25-27,30-32H2,2-3H3,(H,54,61)(H,55,63)(H,56,60)/t34-,44?,52+/m0/s1. The molecule has 4 aliphatic rings. The number of nitrogens with zero attached hydrogens (tertiary/aromatic N) is 3. The van der Waals surface area contributed by atoms with Crippen molar-refractivity contribution in [2.45, 2.75) is 141 Å². The number of imide groups is 2. The van der Waals surface area contributed by atoms with Crippen LogP contribution in [0.1, 0.15) is 147 Å². The van der Waals surface area contributed by atoms with Crippen LogP contribution in [0.4, 0.5) is 14.9 Å². The number of carbonyl (C=O) groups is 8. The zero-order valence-corrected chi connectivity index (χ0v) is 39.0. The number of aryl methyl sites for hydroxylation is 2. The molecule has 0 saturated carbocycles. The summed E-state index contributed by atoms with van der Waals surface area (Å²) in [6.45, 7) is 6.54. The normalized spacial score (nSPS) is 19.0. The molecule has 3 aromatic carbocycles. The summed E-state index contributed by atoms with van der Waals surface area (Å²) in [4.78, 5) is 108. The maximum Gasteiger partial charge on any atom is 0.418 e. The molecular weight excluding hydrogens is 872 g/mol. The van der Waals surface area contributed by atoms with E-state index < -0.39 is 59.8 Å². The van der Waals surface area contributed by atoms with Crippen molar-refractivity contribution >= 4 is 53.1 Å². The number of hydrogen-bond acceptors (Lipinski definition) is 9. The van der Waals surface area contributed by atoms with Gasteiger partial charge >= 0.3 is 6.09 Å². The van der Waals surface area contributed by atoms with Gasteiger partial charge in [0.15, 0.2) is 0 Å². The minimum absolute atomic E-state index is 0.0523. The summed E-state index contributed by atoms with van der Waals surface area (Å²) in [5, 5.41) is 8.31. The lowest BCUT2D eigenvalue weighted by atomic mass is 9.94. The molecule has 360 valence electrons. The fourth-order valence-electron chi connectivity index (χ4n) is 9.68. The third-order valence-electron chi connectivity index (χ3n) is 13.4. The Hall–Kier alpha value is -6.71. The maximum absolute atomic E-state index is 14.0. The van der Waals surface area contributed by atoms with Gasteiger partial charge in [0.25, 0.3) is 17.7 Å². The van der Waals surface area contributed by atoms with Crippen molar-refractivity contribution in [2.75, 3.05) is 18.4 Å². The van der Waals surface area contributed by atoms with E-state index in [9.17, 15) is 42.7 Å². The van der Waals surface area contributed by atoms with Gasteiger partial charge in [-0.05, 0) is 98.5 Å². The van der Waals surface area contributed by atoms with Crippen molar-refractivity contribution in [2.24, 2.45) is 0 Å². The zero-order valence-electron chi connectivity index (χ0n) is 39.0. The number of unbranched alkanes of at least 4 members (excludes halogenated alkanes) is 9. The first-order valence-corrected chi connectivity index (χ1v) is 23.9. The van der Waals surface area contributed by atoms with E-state index in [-0.39, 0.29) is 37.2 Å². The molecule has 8 amide bonds. The second-order valence-electron chi connectivity index (χ2n) is 18.5. The lowest BCUT2D eigenvalue weighted by Crippen LogP contribution is -2.51. The summed E-state index contributed by atoms with van der Waals surface area (Å²) in [5.74, 6) is -3.21. The van der Waals surface area contributed by atoms with Gasteiger partial charge in [0.2, 0.25) is 29.2 Å². The number of anilines is 1. The molecule has 2 saturated heterocycles. The number of ether oxygens (including phenoxy) is 1. The predicted molar refractivity (Wildman–Crippen MR) is 250 cm³/mol. The number of halogens is 1. The van der Waals surface area contributed by atoms with E-state index in [1.165, 1.54) is 24.0 Å². The Morgan fingerprint density at radius 3 is 2.21 bits per heavy atom. The molecule has 1 spiro atoms. The highest BCUT2D eigenvalue weighted by molar-refractivity contribution is 6.23. The van der Waals surface area contributed by atoms with Gasteiger partial charge in [0, 0.05) is 55.8 Å². The number of piperidine rings is 1. The molecule has 3 aromatic rings. The minimum Gasteiger partial charge on any atom is -0.427 e. The summed E-state index contributed by atoms with van der Waals surface area (Å²) in [7, 11) is 0. The Balaban J connectivity index is 0.782. The van der Waals surface area contributed by atoms with Gasteiger partial charge in [-0.1, -0.05) is 82.2 Å². The molecule has 0 radical (unpaired) electrons. The third kappa shape index (κ3) is 11.3. The van der Waals surface area contributed by atoms with Crippen molar-refractivity contribution in [3.8, 4) is 0 Å². The van der Waals surface area contributed by atoms with E-state index in [2.05, 4.69) is 22.5 Å². The van der Waals surface area contributed by atoms with Crippen LogP contribution in [0.5, 0.6) is 0 Å². The molecule has 3 aliphatic heterocycles. The van der Waals surface area contributed by atoms with E-state index in [0.29, 0.717) is 59.3 Å². The van der Waals surface area contributed by atoms with Crippen LogP contribution in [0.3, 0.4) is 0 Å². The van der Waals surface area contributed by atoms with Gasteiger partial charge in [0.05, 0.1) is 11.1 Å². The molecular formula is C52H61FN6O9. The molecule has 0 bridgehead atoms. The number of fused-ring (bicyclic) bond motifs is 3. The average Bonchev–Trinajstić information content (AvgIpc) is 3.88. The van der Waals surface area contributed by atoms with Crippen LogP contribution in [0.15, 0.2) is 72.9 Å². The van der Waals surface area contributed by atoms with Crippen LogP contribution >= 0.6 is 0 Å². The first kappa shape index (κ1) is 49.2. The largest absolute Gasteiger partial charge is 0.427 e. The molecule has 68 heavy (non-hydrogen) atoms. The summed E-state index contributed by atoms with van der Waals surface area (Å²) in [5.41, 5.74) is 3.21. The summed E-state index contributed by atoms with van der Waals surface area (Å²) in [6, 6.07) is 14.8. The summed E-state index contributed by atoms with van der Waals surface area (Å²) >= 11 is 0. The maximum atomic E-state index is 14.0. The van der Waals surface area contributed by atoms with E-state index in [4.69, 9.17) is 4.74 Å². The van der Waals surface area contributed by atoms with Crippen LogP contribution < -0.4 is 16.0 Å². The van der Waals surface area contributed by atoms with E-state index in [1.54, 1.807) is 49.4 Å². The molecule has 3 atom stereocenters. The first-order chi connectivity index (χ1) is 32.6. The van der Waals surface area contributed by atoms with Gasteiger partial charge in [-0.3, -0.25) is 38.5 Å². The van der Waals surface area contributed by atoms with Crippen molar-refractivity contribution < 1.29 is 47.5 Å². The van der Waals surface area contributed by atoms with Gasteiger partial charge < -0.3 is 25.6 Å². The highest BCUT2D eigenvalue weighted by atomic mass is 19.1. The Morgan fingerprint density at radius 1 is 0.853 bits per heavy atom. The number of rotatable bonds is 22. The molecule has 0 aromatic heterocycles. The SMILES string of the molecule is C=C1CCC(N2C(=O)c3ccc(CCCCCCCCCCCCC(=O)NC[C@H](C)N(Cc4ccc(F)cc4)C(=O)CN4C(=O)O[C@@]5(CCc6cc(NC(C)=O)ccc65)C4=O)cc3C2=O)C(=O)N1. The van der Waals surface area contributed by atoms with Crippen LogP contribution in [0.25, 0.3) is 0 Å². The van der Waals surface area contributed by atoms with Gasteiger partial charge in [-0.2, -0.15) is 0 Å². The Kier molecular flexibility index (Phi) is 15.9. The number of nitrogens with one attached hydrogen (secondary N) is 3. The highest BCUT2D eigenvalue weighted by Gasteiger charge is 2.58. The van der Waals surface area contributed by atoms with Gasteiger partial charge in [-0.15, -0.1) is 0 Å². The first-order valence-electron chi connectivity index (χ1n) is 23.9. The Bertz CT molecular complexity index is 2470. The van der Waals surface area contributed by atoms with E-state index in [0.717, 1.165) is 91.6 Å². The highest BCUT2D eigenvalue weighted by Crippen LogP contribution is 2.46. The number of carbonyl (C=O) groups excluding carboxylic acids is 8. The average molecular weight is 933 g/mol. The number of benzene rings is 3. The molecule has 1 unspecified atom stereocenters. The Morgan fingerprint density at radius 2 is 1.51 bits per heavy atom. The number of allylic oxidation sites excluding steroid dienone is 1. The van der Waals surface area contributed by atoms with Crippen LogP contribution in [-0.2, 0) is 53.7 Å². The second kappa shape index (κ2) is 21.9. The number of hydrogen-bond donors (Lipinski definition) is 3. The van der Waals surface area contributed by atoms with Crippen LogP contribution in [-0.4, -0.2) is 87.3 Å². The van der Waals surface area contributed by atoms with Crippen molar-refractivity contribution in [1.82, 2.24) is 25.3 Å². The van der Waals surface area contributed by atoms with Gasteiger partial charge in [-0.25, -0.2) is 14.1 Å². The zero-order chi connectivity index (χ0) is 48.5. The molecule has 7 rings (SSSR count). The van der Waals surface area contributed by atoms with Crippen molar-refractivity contribution in [3.63, 3.8) is 0 Å². The summed E-state index contributed by atoms with van der Waals surface area (Å²) in [6.07, 6.45) is 12.0. The van der Waals surface area contributed by atoms with Gasteiger partial charge in [0.1, 0.15) is 18.4 Å². The fourth-order valence-corrected chi connectivity index (χ4v) is 9.68. The lowest BCUT2D eigenvalue weighted by molar-refractivity contribution is -0.143. The Labute approximate surface area is 396 Å². The summed E-state index contributed by atoms with van der Waals surface area (Å²) < 4.78 is 19.5.